The predicted octanol–water partition coefficient (Wildman–Crippen LogP) is 4.25. The number of carbonyl (C=O) groups is 2. The Labute approximate surface area is 347 Å². The molecule has 322 valence electrons. The largest absolute Gasteiger partial charge is 0.396 e. The number of nitrogens with two attached hydrogens (primary N) is 1. The van der Waals surface area contributed by atoms with Gasteiger partial charge in [0.1, 0.15) is 23.3 Å². The molecule has 1 spiro atoms. The molecule has 0 amide bonds. The summed E-state index contributed by atoms with van der Waals surface area (Å²) in [5, 5.41) is 51.9. The van der Waals surface area contributed by atoms with Crippen LogP contribution < -0.4 is 16.4 Å². The Morgan fingerprint density at radius 2 is 1.83 bits per heavy atom. The zero-order valence-electron chi connectivity index (χ0n) is 35.0. The number of allylic oxidation sites excluding steroid dienone is 1. The molecule has 3 aliphatic heterocycles. The number of rotatable bonds is 14. The van der Waals surface area contributed by atoms with Crippen LogP contribution in [0.3, 0.4) is 0 Å². The van der Waals surface area contributed by atoms with Crippen LogP contribution in [0.25, 0.3) is 0 Å². The molecule has 2 saturated heterocycles. The minimum Gasteiger partial charge on any atom is -0.396 e. The van der Waals surface area contributed by atoms with Gasteiger partial charge in [0.15, 0.2) is 12.0 Å². The van der Waals surface area contributed by atoms with E-state index < -0.39 is 23.7 Å². The van der Waals surface area contributed by atoms with Gasteiger partial charge in [-0.2, -0.15) is 0 Å². The number of Topliss-reactive ketones (excluding diaryl/α,β-unsaturated/α-hetero) is 2. The lowest BCUT2D eigenvalue weighted by molar-refractivity contribution is -0.135. The molecule has 7 rings (SSSR count). The highest BCUT2D eigenvalue weighted by atomic mass is 16.5. The van der Waals surface area contributed by atoms with Crippen molar-refractivity contribution in [1.82, 2.24) is 10.6 Å². The second-order valence-electron chi connectivity index (χ2n) is 19.7. The van der Waals surface area contributed by atoms with Gasteiger partial charge in [0.25, 0.3) is 0 Å². The number of nitrogens with zero attached hydrogens (tertiary/aromatic N) is 1. The van der Waals surface area contributed by atoms with Gasteiger partial charge in [-0.15, -0.1) is 4.99 Å². The van der Waals surface area contributed by atoms with Gasteiger partial charge in [0, 0.05) is 57.9 Å². The minimum absolute atomic E-state index is 0.0362. The topological polar surface area (TPSA) is 187 Å². The van der Waals surface area contributed by atoms with E-state index in [2.05, 4.69) is 33.5 Å². The van der Waals surface area contributed by atoms with E-state index in [4.69, 9.17) is 10.5 Å². The van der Waals surface area contributed by atoms with E-state index in [0.717, 1.165) is 64.5 Å². The van der Waals surface area contributed by atoms with E-state index in [1.54, 1.807) is 7.11 Å². The summed E-state index contributed by atoms with van der Waals surface area (Å²) in [6.45, 7) is 3.69. The average molecular weight is 806 g/mol. The van der Waals surface area contributed by atoms with Crippen molar-refractivity contribution in [3.63, 3.8) is 0 Å². The van der Waals surface area contributed by atoms with Crippen LogP contribution in [0.1, 0.15) is 122 Å². The number of ketones is 2. The van der Waals surface area contributed by atoms with Gasteiger partial charge >= 0.3 is 0 Å². The second kappa shape index (κ2) is 20.2. The number of hydrogen-bond acceptors (Lipinski definition) is 11. The third-order valence-electron chi connectivity index (χ3n) is 16.2. The molecular weight excluding hydrogens is 733 g/mol. The lowest BCUT2D eigenvalue weighted by Crippen LogP contribution is -2.50. The first-order chi connectivity index (χ1) is 28.0. The highest BCUT2D eigenvalue weighted by molar-refractivity contribution is 5.89. The van der Waals surface area contributed by atoms with Crippen LogP contribution in [0.4, 0.5) is 0 Å². The number of methoxy groups -OCH3 is 1. The van der Waals surface area contributed by atoms with Crippen molar-refractivity contribution in [3.05, 3.63) is 18.2 Å². The molecule has 0 radical (unpaired) electrons. The molecule has 7 aliphatic rings. The number of carbonyl (C=O) groups excluding carboxylic acids is 2. The fraction of sp³-hybridized carbons (Fsp3) is 0.830. The van der Waals surface area contributed by atoms with Crippen molar-refractivity contribution < 1.29 is 34.8 Å². The molecule has 4 aliphatic carbocycles. The molecule has 3 heterocycles. The maximum Gasteiger partial charge on any atom is 0.176 e. The van der Waals surface area contributed by atoms with E-state index in [1.165, 1.54) is 5.57 Å². The summed E-state index contributed by atoms with van der Waals surface area (Å²) in [6, 6.07) is 0.280. The minimum atomic E-state index is -1.11. The zero-order chi connectivity index (χ0) is 40.8. The van der Waals surface area contributed by atoms with E-state index in [9.17, 15) is 30.0 Å². The molecule has 58 heavy (non-hydrogen) atoms. The quantitative estimate of drug-likeness (QED) is 0.0989. The summed E-state index contributed by atoms with van der Waals surface area (Å²) in [5.74, 6) is 9.94. The maximum absolute atomic E-state index is 14.3. The van der Waals surface area contributed by atoms with Crippen LogP contribution in [0, 0.1) is 77.1 Å². The van der Waals surface area contributed by atoms with Gasteiger partial charge in [-0.25, -0.2) is 0 Å². The molecule has 0 aromatic rings. The Balaban J connectivity index is 1.01. The fourth-order valence-corrected chi connectivity index (χ4v) is 12.7. The van der Waals surface area contributed by atoms with Crippen molar-refractivity contribution >= 4 is 17.8 Å². The number of aliphatic hydroxyl groups excluding tert-OH is 4. The summed E-state index contributed by atoms with van der Waals surface area (Å²) in [4.78, 5) is 30.7. The number of hydrogen-bond donors (Lipinski definition) is 7. The van der Waals surface area contributed by atoms with Gasteiger partial charge in [-0.1, -0.05) is 11.8 Å². The summed E-state index contributed by atoms with van der Waals surface area (Å²) < 4.78 is 5.72. The number of nitrogens with one attached hydrogen (secondary N) is 2. The van der Waals surface area contributed by atoms with Gasteiger partial charge in [0.2, 0.25) is 0 Å². The number of fused-ring (bicyclic) bond motifs is 2. The van der Waals surface area contributed by atoms with Crippen LogP contribution in [0.5, 0.6) is 0 Å². The average Bonchev–Trinajstić information content (AvgIpc) is 3.74. The summed E-state index contributed by atoms with van der Waals surface area (Å²) in [6.07, 6.45) is 15.5. The summed E-state index contributed by atoms with van der Waals surface area (Å²) >= 11 is 0. The maximum atomic E-state index is 14.3. The number of piperidine rings is 2. The fourth-order valence-electron chi connectivity index (χ4n) is 12.7. The van der Waals surface area contributed by atoms with Crippen molar-refractivity contribution in [3.8, 4) is 11.8 Å². The van der Waals surface area contributed by atoms with E-state index in [0.29, 0.717) is 106 Å². The highest BCUT2D eigenvalue weighted by Crippen LogP contribution is 2.48. The van der Waals surface area contributed by atoms with E-state index in [-0.39, 0.29) is 54.4 Å². The van der Waals surface area contributed by atoms with Crippen molar-refractivity contribution in [2.75, 3.05) is 26.8 Å². The zero-order valence-corrected chi connectivity index (χ0v) is 35.0. The Hall–Kier alpha value is -2.14. The molecule has 8 N–H and O–H groups in total. The smallest absolute Gasteiger partial charge is 0.176 e. The molecule has 0 bridgehead atoms. The monoisotopic (exact) mass is 806 g/mol. The molecule has 16 atom stereocenters. The first-order valence-electron chi connectivity index (χ1n) is 23.1. The van der Waals surface area contributed by atoms with Gasteiger partial charge in [0.05, 0.1) is 36.7 Å². The summed E-state index contributed by atoms with van der Waals surface area (Å²) in [5.41, 5.74) is 6.47. The Bertz CT molecular complexity index is 1530. The summed E-state index contributed by atoms with van der Waals surface area (Å²) in [7, 11) is 1.65. The highest BCUT2D eigenvalue weighted by Gasteiger charge is 2.50. The van der Waals surface area contributed by atoms with Gasteiger partial charge < -0.3 is 41.5 Å². The molecular formula is C47H73N4O7+. The second-order valence-corrected chi connectivity index (χ2v) is 19.7. The van der Waals surface area contributed by atoms with Crippen molar-refractivity contribution in [1.29, 1.82) is 0 Å². The first-order valence-corrected chi connectivity index (χ1v) is 23.1. The molecule has 5 fully saturated rings. The predicted molar refractivity (Wildman–Crippen MR) is 224 cm³/mol. The van der Waals surface area contributed by atoms with Crippen molar-refractivity contribution in [2.24, 2.45) is 69.4 Å². The molecule has 0 aromatic carbocycles. The Morgan fingerprint density at radius 1 is 1.00 bits per heavy atom. The molecule has 11 nitrogen and oxygen atoms in total. The first kappa shape index (κ1) is 43.9. The molecule has 11 heteroatoms. The van der Waals surface area contributed by atoms with Crippen LogP contribution in [0.15, 0.2) is 16.6 Å². The van der Waals surface area contributed by atoms with Gasteiger partial charge in [-0.3, -0.25) is 9.59 Å². The Morgan fingerprint density at radius 3 is 2.60 bits per heavy atom. The van der Waals surface area contributed by atoms with E-state index >= 15 is 0 Å². The van der Waals surface area contributed by atoms with Crippen LogP contribution in [0.2, 0.25) is 0 Å². The van der Waals surface area contributed by atoms with Gasteiger partial charge in [-0.05, 0) is 150 Å². The third kappa shape index (κ3) is 10.5. The third-order valence-corrected chi connectivity index (χ3v) is 16.2. The van der Waals surface area contributed by atoms with Crippen LogP contribution in [-0.4, -0.2) is 102 Å². The lowest BCUT2D eigenvalue weighted by Gasteiger charge is -2.44. The molecule has 3 saturated carbocycles. The molecule has 0 aromatic heterocycles. The Kier molecular flexibility index (Phi) is 15.3. The van der Waals surface area contributed by atoms with Crippen LogP contribution >= 0.6 is 0 Å². The normalized spacial score (nSPS) is 41.5. The SMILES string of the molecule is COC1CC2CCC(=O)C3(C#CC(CCC(O)CCC4CC(N)NCC4CC4=C[CH+]N=C4)C2CC1O)CCC(CC(CCO)C1CNC2CC(=O)CCC2C1)CC3O. The molecule has 16 unspecified atom stereocenters. The number of aliphatic imine (C=N–C) groups is 1. The lowest BCUT2D eigenvalue weighted by atomic mass is 9.63. The van der Waals surface area contributed by atoms with E-state index in [1.807, 2.05) is 12.8 Å². The van der Waals surface area contributed by atoms with Crippen LogP contribution in [-0.2, 0) is 14.3 Å². The van der Waals surface area contributed by atoms with Crippen molar-refractivity contribution in [2.45, 2.75) is 159 Å². The standard InChI is InChI=1S/C47H73N4O7/c1-58-43-22-34-5-9-44(56)47(14-10-29(20-45(47)57)18-33(13-17-52)37-21-35-4-8-39(54)24-41(35)50-27-37)15-11-31(40(34)25-42(43)55)2-6-38(53)7-3-32-23-46(48)51-28-36(32)19-30-12-16-49-26-30/h12,16,26,29,31-38,40-43,45-46,50-53,55,57H,2-10,13-14,17-25,27-28,48H2,1H3/q+1. The number of ether oxygens (including phenoxy) is 1. The number of aliphatic hydroxyl groups is 4.